The van der Waals surface area contributed by atoms with E-state index in [9.17, 15) is 10.2 Å². The van der Waals surface area contributed by atoms with Gasteiger partial charge >= 0.3 is 0 Å². The number of aliphatic hydroxyl groups excluding tert-OH is 2. The molecule has 2 unspecified atom stereocenters. The van der Waals surface area contributed by atoms with Crippen molar-refractivity contribution in [3.05, 3.63) is 87.9 Å². The molecule has 0 aliphatic rings. The maximum Gasteiger partial charge on any atom is 0.119 e. The Labute approximate surface area is 216 Å². The summed E-state index contributed by atoms with van der Waals surface area (Å²) in [7, 11) is 0. The second kappa shape index (κ2) is 14.3. The standard InChI is InChI=1S/C26H31Cl2N3O4/c1-2-34-13-14-35-22-5-3-19(4-6-22)9-12-31(17-25(32)23-15-20(27)7-10-29-23)18-26(33)24-16-21(28)8-11-30-24/h3-8,10-11,15-16,25-26,32-33H,2,9,12-14,17-18H2,1H3. The highest BCUT2D eigenvalue weighted by Gasteiger charge is 2.20. The topological polar surface area (TPSA) is 87.9 Å². The van der Waals surface area contributed by atoms with Crippen molar-refractivity contribution in [1.82, 2.24) is 14.9 Å². The number of benzene rings is 1. The maximum absolute atomic E-state index is 10.8. The largest absolute Gasteiger partial charge is 0.491 e. The van der Waals surface area contributed by atoms with Crippen LogP contribution in [0, 0.1) is 0 Å². The van der Waals surface area contributed by atoms with Gasteiger partial charge in [0, 0.05) is 48.7 Å². The Morgan fingerprint density at radius 1 is 0.857 bits per heavy atom. The minimum absolute atomic E-state index is 0.267. The molecule has 3 rings (SSSR count). The lowest BCUT2D eigenvalue weighted by Crippen LogP contribution is -2.35. The van der Waals surface area contributed by atoms with Gasteiger partial charge in [0.25, 0.3) is 0 Å². The highest BCUT2D eigenvalue weighted by molar-refractivity contribution is 6.30. The minimum atomic E-state index is -0.866. The third kappa shape index (κ3) is 9.37. The summed E-state index contributed by atoms with van der Waals surface area (Å²) in [5.41, 5.74) is 2.07. The predicted octanol–water partition coefficient (Wildman–Crippen LogP) is 4.51. The van der Waals surface area contributed by atoms with E-state index in [0.29, 0.717) is 54.2 Å². The number of hydrogen-bond donors (Lipinski definition) is 2. The van der Waals surface area contributed by atoms with Crippen molar-refractivity contribution in [3.63, 3.8) is 0 Å². The molecule has 7 nitrogen and oxygen atoms in total. The van der Waals surface area contributed by atoms with Gasteiger partial charge in [-0.05, 0) is 55.3 Å². The summed E-state index contributed by atoms with van der Waals surface area (Å²) in [5, 5.41) is 22.6. The lowest BCUT2D eigenvalue weighted by molar-refractivity contribution is 0.0661. The van der Waals surface area contributed by atoms with Crippen LogP contribution in [0.3, 0.4) is 0 Å². The average molecular weight is 520 g/mol. The summed E-state index contributed by atoms with van der Waals surface area (Å²) in [5.74, 6) is 0.787. The van der Waals surface area contributed by atoms with Gasteiger partial charge in [-0.25, -0.2) is 0 Å². The molecule has 0 radical (unpaired) electrons. The van der Waals surface area contributed by atoms with E-state index in [2.05, 4.69) is 9.97 Å². The normalized spacial score (nSPS) is 13.1. The van der Waals surface area contributed by atoms with Gasteiger partial charge in [-0.15, -0.1) is 0 Å². The summed E-state index contributed by atoms with van der Waals surface area (Å²) < 4.78 is 11.0. The summed E-state index contributed by atoms with van der Waals surface area (Å²) in [4.78, 5) is 10.4. The molecule has 0 aliphatic carbocycles. The fraction of sp³-hybridized carbons (Fsp3) is 0.385. The molecule has 0 bridgehead atoms. The first kappa shape index (κ1) is 27.3. The van der Waals surface area contributed by atoms with E-state index in [-0.39, 0.29) is 13.1 Å². The predicted molar refractivity (Wildman–Crippen MR) is 137 cm³/mol. The molecule has 0 fully saturated rings. The van der Waals surface area contributed by atoms with Crippen LogP contribution in [-0.4, -0.2) is 64.5 Å². The summed E-state index contributed by atoms with van der Waals surface area (Å²) in [6.45, 7) is 4.82. The van der Waals surface area contributed by atoms with Gasteiger partial charge in [-0.1, -0.05) is 35.3 Å². The van der Waals surface area contributed by atoms with Crippen LogP contribution in [0.5, 0.6) is 5.75 Å². The molecule has 0 saturated carbocycles. The molecular formula is C26H31Cl2N3O4. The number of hydrogen-bond acceptors (Lipinski definition) is 7. The van der Waals surface area contributed by atoms with E-state index < -0.39 is 12.2 Å². The Morgan fingerprint density at radius 3 is 1.94 bits per heavy atom. The zero-order valence-electron chi connectivity index (χ0n) is 19.7. The van der Waals surface area contributed by atoms with Crippen LogP contribution in [0.1, 0.15) is 36.1 Å². The van der Waals surface area contributed by atoms with Crippen LogP contribution >= 0.6 is 23.2 Å². The van der Waals surface area contributed by atoms with Crippen LogP contribution in [-0.2, 0) is 11.2 Å². The second-order valence-electron chi connectivity index (χ2n) is 8.03. The smallest absolute Gasteiger partial charge is 0.119 e. The van der Waals surface area contributed by atoms with E-state index in [1.54, 1.807) is 36.7 Å². The first-order chi connectivity index (χ1) is 16.9. The fourth-order valence-corrected chi connectivity index (χ4v) is 3.88. The molecule has 2 heterocycles. The molecule has 3 aromatic rings. The summed E-state index contributed by atoms with van der Waals surface area (Å²) in [6.07, 6.45) is 2.11. The molecular weight excluding hydrogens is 489 g/mol. The van der Waals surface area contributed by atoms with Crippen molar-refractivity contribution in [2.75, 3.05) is 39.5 Å². The van der Waals surface area contributed by atoms with Gasteiger partial charge in [0.2, 0.25) is 0 Å². The van der Waals surface area contributed by atoms with Gasteiger partial charge in [-0.2, -0.15) is 0 Å². The molecule has 0 saturated heterocycles. The van der Waals surface area contributed by atoms with Crippen molar-refractivity contribution < 1.29 is 19.7 Å². The van der Waals surface area contributed by atoms with Crippen LogP contribution in [0.2, 0.25) is 10.0 Å². The first-order valence-corrected chi connectivity index (χ1v) is 12.3. The lowest BCUT2D eigenvalue weighted by atomic mass is 10.1. The van der Waals surface area contributed by atoms with Gasteiger partial charge in [-0.3, -0.25) is 14.9 Å². The minimum Gasteiger partial charge on any atom is -0.491 e. The monoisotopic (exact) mass is 519 g/mol. The molecule has 0 aliphatic heterocycles. The SMILES string of the molecule is CCOCCOc1ccc(CCN(CC(O)c2cc(Cl)ccn2)CC(O)c2cc(Cl)ccn2)cc1. The van der Waals surface area contributed by atoms with E-state index >= 15 is 0 Å². The third-order valence-electron chi connectivity index (χ3n) is 5.37. The van der Waals surface area contributed by atoms with Crippen LogP contribution in [0.4, 0.5) is 0 Å². The van der Waals surface area contributed by atoms with Gasteiger partial charge in [0.05, 0.1) is 18.0 Å². The van der Waals surface area contributed by atoms with Gasteiger partial charge in [0.1, 0.15) is 24.6 Å². The Morgan fingerprint density at radius 2 is 1.43 bits per heavy atom. The highest BCUT2D eigenvalue weighted by Crippen LogP contribution is 2.21. The average Bonchev–Trinajstić information content (AvgIpc) is 2.86. The number of halogens is 2. The molecule has 0 amide bonds. The Bertz CT molecular complexity index is 986. The van der Waals surface area contributed by atoms with Crippen molar-refractivity contribution in [2.24, 2.45) is 0 Å². The van der Waals surface area contributed by atoms with Crippen LogP contribution in [0.15, 0.2) is 60.9 Å². The number of aromatic nitrogens is 2. The van der Waals surface area contributed by atoms with E-state index in [4.69, 9.17) is 32.7 Å². The third-order valence-corrected chi connectivity index (χ3v) is 5.84. The van der Waals surface area contributed by atoms with E-state index in [1.165, 1.54) is 0 Å². The molecule has 1 aromatic carbocycles. The number of rotatable bonds is 14. The molecule has 2 atom stereocenters. The number of aliphatic hydroxyl groups is 2. The molecule has 35 heavy (non-hydrogen) atoms. The zero-order chi connectivity index (χ0) is 25.0. The van der Waals surface area contributed by atoms with Crippen molar-refractivity contribution in [2.45, 2.75) is 25.6 Å². The van der Waals surface area contributed by atoms with E-state index in [1.807, 2.05) is 36.1 Å². The highest BCUT2D eigenvalue weighted by atomic mass is 35.5. The maximum atomic E-state index is 10.8. The zero-order valence-corrected chi connectivity index (χ0v) is 21.2. The van der Waals surface area contributed by atoms with Crippen molar-refractivity contribution in [1.29, 1.82) is 0 Å². The van der Waals surface area contributed by atoms with Gasteiger partial charge in [0.15, 0.2) is 0 Å². The van der Waals surface area contributed by atoms with Crippen LogP contribution in [0.25, 0.3) is 0 Å². The second-order valence-corrected chi connectivity index (χ2v) is 8.90. The molecule has 2 N–H and O–H groups in total. The molecule has 9 heteroatoms. The van der Waals surface area contributed by atoms with E-state index in [0.717, 1.165) is 11.3 Å². The number of ether oxygens (including phenoxy) is 2. The number of pyridine rings is 2. The van der Waals surface area contributed by atoms with Gasteiger partial charge < -0.3 is 19.7 Å². The first-order valence-electron chi connectivity index (χ1n) is 11.6. The Hall–Kier alpha value is -2.26. The molecule has 2 aromatic heterocycles. The number of nitrogens with zero attached hydrogens (tertiary/aromatic N) is 3. The summed E-state index contributed by atoms with van der Waals surface area (Å²) >= 11 is 12.1. The summed E-state index contributed by atoms with van der Waals surface area (Å²) in [6, 6.07) is 14.5. The Balaban J connectivity index is 1.64. The van der Waals surface area contributed by atoms with Crippen molar-refractivity contribution >= 4 is 23.2 Å². The molecule has 0 spiro atoms. The van der Waals surface area contributed by atoms with Crippen LogP contribution < -0.4 is 4.74 Å². The quantitative estimate of drug-likeness (QED) is 0.303. The lowest BCUT2D eigenvalue weighted by Gasteiger charge is -2.27. The van der Waals surface area contributed by atoms with Crippen molar-refractivity contribution in [3.8, 4) is 5.75 Å². The molecule has 188 valence electrons. The fourth-order valence-electron chi connectivity index (χ4n) is 3.54. The Kier molecular flexibility index (Phi) is 11.2.